The SMILES string of the molecule is CCCC(C)P(c1ccc(OC)cc1OC)C(C)CCC. The van der Waals surface area contributed by atoms with Crippen LogP contribution in [0.2, 0.25) is 0 Å². The summed E-state index contributed by atoms with van der Waals surface area (Å²) >= 11 is 0. The van der Waals surface area contributed by atoms with Crippen LogP contribution >= 0.6 is 7.92 Å². The van der Waals surface area contributed by atoms with Gasteiger partial charge in [-0.25, -0.2) is 0 Å². The molecule has 0 aliphatic heterocycles. The molecule has 0 saturated carbocycles. The Morgan fingerprint density at radius 1 is 0.952 bits per heavy atom. The lowest BCUT2D eigenvalue weighted by Crippen LogP contribution is -2.20. The molecule has 0 aromatic heterocycles. The minimum absolute atomic E-state index is 0.215. The van der Waals surface area contributed by atoms with Crippen LogP contribution in [0.4, 0.5) is 0 Å². The smallest absolute Gasteiger partial charge is 0.130 e. The van der Waals surface area contributed by atoms with Crippen molar-refractivity contribution in [1.82, 2.24) is 0 Å². The Hall–Kier alpha value is -0.750. The molecule has 120 valence electrons. The van der Waals surface area contributed by atoms with E-state index in [2.05, 4.69) is 39.8 Å². The maximum atomic E-state index is 5.66. The number of methoxy groups -OCH3 is 2. The summed E-state index contributed by atoms with van der Waals surface area (Å²) in [7, 11) is 3.26. The van der Waals surface area contributed by atoms with Crippen LogP contribution in [-0.4, -0.2) is 25.5 Å². The van der Waals surface area contributed by atoms with E-state index in [1.807, 2.05) is 6.07 Å². The van der Waals surface area contributed by atoms with E-state index >= 15 is 0 Å². The quantitative estimate of drug-likeness (QED) is 0.584. The second-order valence-corrected chi connectivity index (χ2v) is 8.78. The minimum Gasteiger partial charge on any atom is -0.497 e. The highest BCUT2D eigenvalue weighted by Gasteiger charge is 2.26. The van der Waals surface area contributed by atoms with E-state index in [9.17, 15) is 0 Å². The van der Waals surface area contributed by atoms with Crippen molar-refractivity contribution in [2.45, 2.75) is 64.7 Å². The topological polar surface area (TPSA) is 18.5 Å². The van der Waals surface area contributed by atoms with Gasteiger partial charge in [0.2, 0.25) is 0 Å². The van der Waals surface area contributed by atoms with Crippen molar-refractivity contribution in [2.75, 3.05) is 14.2 Å². The van der Waals surface area contributed by atoms with Crippen LogP contribution in [0, 0.1) is 0 Å². The van der Waals surface area contributed by atoms with Crippen LogP contribution in [0.25, 0.3) is 0 Å². The Morgan fingerprint density at radius 2 is 1.52 bits per heavy atom. The molecule has 0 aliphatic rings. The summed E-state index contributed by atoms with van der Waals surface area (Å²) in [6.07, 6.45) is 5.07. The molecular weight excluding hydrogens is 279 g/mol. The van der Waals surface area contributed by atoms with Gasteiger partial charge in [-0.1, -0.05) is 48.5 Å². The molecule has 0 amide bonds. The van der Waals surface area contributed by atoms with Gasteiger partial charge in [0, 0.05) is 11.4 Å². The fourth-order valence-corrected chi connectivity index (χ4v) is 6.57. The molecule has 1 aromatic rings. The van der Waals surface area contributed by atoms with E-state index in [0.29, 0.717) is 0 Å². The second-order valence-electron chi connectivity index (χ2n) is 5.72. The minimum atomic E-state index is -0.215. The highest BCUT2D eigenvalue weighted by Crippen LogP contribution is 2.50. The van der Waals surface area contributed by atoms with Crippen LogP contribution in [0.1, 0.15) is 53.4 Å². The fourth-order valence-electron chi connectivity index (χ4n) is 3.02. The van der Waals surface area contributed by atoms with E-state index in [4.69, 9.17) is 9.47 Å². The molecule has 1 rings (SSSR count). The molecule has 3 heteroatoms. The highest BCUT2D eigenvalue weighted by atomic mass is 31.1. The molecule has 0 fully saturated rings. The molecule has 1 aromatic carbocycles. The maximum absolute atomic E-state index is 5.66. The summed E-state index contributed by atoms with van der Waals surface area (Å²) in [4.78, 5) is 0. The molecule has 0 saturated heterocycles. The number of hydrogen-bond acceptors (Lipinski definition) is 2. The second kappa shape index (κ2) is 9.30. The standard InChI is InChI=1S/C18H31O2P/c1-7-9-14(3)21(15(4)10-8-2)18-12-11-16(19-5)13-17(18)20-6/h11-15H,7-10H2,1-6H3. The maximum Gasteiger partial charge on any atom is 0.130 e. The van der Waals surface area contributed by atoms with Crippen molar-refractivity contribution in [3.63, 3.8) is 0 Å². The van der Waals surface area contributed by atoms with Crippen LogP contribution < -0.4 is 14.8 Å². The predicted octanol–water partition coefficient (Wildman–Crippen LogP) is 5.19. The van der Waals surface area contributed by atoms with Crippen molar-refractivity contribution < 1.29 is 9.47 Å². The lowest BCUT2D eigenvalue weighted by atomic mass is 10.2. The zero-order valence-electron chi connectivity index (χ0n) is 14.5. The van der Waals surface area contributed by atoms with Crippen molar-refractivity contribution in [1.29, 1.82) is 0 Å². The first-order valence-electron chi connectivity index (χ1n) is 8.09. The summed E-state index contributed by atoms with van der Waals surface area (Å²) < 4.78 is 11.0. The zero-order valence-corrected chi connectivity index (χ0v) is 15.4. The van der Waals surface area contributed by atoms with E-state index in [1.165, 1.54) is 31.0 Å². The zero-order chi connectivity index (χ0) is 15.8. The monoisotopic (exact) mass is 310 g/mol. The number of hydrogen-bond donors (Lipinski definition) is 0. The van der Waals surface area contributed by atoms with E-state index < -0.39 is 0 Å². The largest absolute Gasteiger partial charge is 0.497 e. The number of ether oxygens (including phenoxy) is 2. The average molecular weight is 310 g/mol. The first-order chi connectivity index (χ1) is 10.1. The molecule has 0 heterocycles. The number of benzene rings is 1. The summed E-state index contributed by atoms with van der Waals surface area (Å²) in [5.41, 5.74) is 1.46. The molecule has 0 N–H and O–H groups in total. The van der Waals surface area contributed by atoms with Gasteiger partial charge in [-0.3, -0.25) is 0 Å². The van der Waals surface area contributed by atoms with Gasteiger partial charge in [-0.15, -0.1) is 0 Å². The van der Waals surface area contributed by atoms with Crippen LogP contribution in [-0.2, 0) is 0 Å². The van der Waals surface area contributed by atoms with Crippen LogP contribution in [0.15, 0.2) is 18.2 Å². The predicted molar refractivity (Wildman–Crippen MR) is 94.8 cm³/mol. The molecule has 2 unspecified atom stereocenters. The normalized spacial score (nSPS) is 15.3. The molecule has 2 atom stereocenters. The molecular formula is C18H31O2P. The molecule has 21 heavy (non-hydrogen) atoms. The van der Waals surface area contributed by atoms with Gasteiger partial charge in [0.15, 0.2) is 0 Å². The van der Waals surface area contributed by atoms with Gasteiger partial charge in [0.25, 0.3) is 0 Å². The summed E-state index contributed by atoms with van der Waals surface area (Å²) in [5, 5.41) is 1.40. The third-order valence-corrected chi connectivity index (χ3v) is 7.37. The van der Waals surface area contributed by atoms with E-state index in [-0.39, 0.29) is 7.92 Å². The van der Waals surface area contributed by atoms with Gasteiger partial charge < -0.3 is 9.47 Å². The first kappa shape index (κ1) is 18.3. The summed E-state index contributed by atoms with van der Waals surface area (Å²) in [5.74, 6) is 1.86. The van der Waals surface area contributed by atoms with Crippen molar-refractivity contribution in [3.05, 3.63) is 18.2 Å². The van der Waals surface area contributed by atoms with Crippen molar-refractivity contribution >= 4 is 13.2 Å². The summed E-state index contributed by atoms with van der Waals surface area (Å²) in [6, 6.07) is 6.33. The Bertz CT molecular complexity index is 408. The number of rotatable bonds is 9. The molecule has 0 radical (unpaired) electrons. The molecule has 0 spiro atoms. The molecule has 0 aliphatic carbocycles. The molecule has 2 nitrogen and oxygen atoms in total. The van der Waals surface area contributed by atoms with Crippen molar-refractivity contribution in [3.8, 4) is 11.5 Å². The van der Waals surface area contributed by atoms with Gasteiger partial charge in [-0.2, -0.15) is 0 Å². The van der Waals surface area contributed by atoms with E-state index in [0.717, 1.165) is 22.8 Å². The van der Waals surface area contributed by atoms with Gasteiger partial charge in [0.1, 0.15) is 11.5 Å². The first-order valence-corrected chi connectivity index (χ1v) is 9.57. The Morgan fingerprint density at radius 3 is 1.95 bits per heavy atom. The van der Waals surface area contributed by atoms with Gasteiger partial charge >= 0.3 is 0 Å². The van der Waals surface area contributed by atoms with Gasteiger partial charge in [0.05, 0.1) is 14.2 Å². The Balaban J connectivity index is 3.17. The molecule has 0 bridgehead atoms. The Labute approximate surface area is 132 Å². The summed E-state index contributed by atoms with van der Waals surface area (Å²) in [6.45, 7) is 9.37. The van der Waals surface area contributed by atoms with E-state index in [1.54, 1.807) is 14.2 Å². The van der Waals surface area contributed by atoms with Crippen LogP contribution in [0.5, 0.6) is 11.5 Å². The fraction of sp³-hybridized carbons (Fsp3) is 0.667. The lowest BCUT2D eigenvalue weighted by Gasteiger charge is -2.32. The Kier molecular flexibility index (Phi) is 8.11. The third kappa shape index (κ3) is 4.88. The van der Waals surface area contributed by atoms with Crippen molar-refractivity contribution in [2.24, 2.45) is 0 Å². The van der Waals surface area contributed by atoms with Gasteiger partial charge in [-0.05, 0) is 36.3 Å². The highest BCUT2D eigenvalue weighted by molar-refractivity contribution is 7.67. The van der Waals surface area contributed by atoms with Crippen LogP contribution in [0.3, 0.4) is 0 Å². The average Bonchev–Trinajstić information content (AvgIpc) is 2.48. The third-order valence-electron chi connectivity index (χ3n) is 4.03. The lowest BCUT2D eigenvalue weighted by molar-refractivity contribution is 0.396.